The maximum Gasteiger partial charge on any atom is 0.267 e. The van der Waals surface area contributed by atoms with Gasteiger partial charge in [0.25, 0.3) is 5.91 Å². The highest BCUT2D eigenvalue weighted by Crippen LogP contribution is 2.31. The highest BCUT2D eigenvalue weighted by atomic mass is 35.5. The second-order valence-electron chi connectivity index (χ2n) is 6.27. The monoisotopic (exact) mass is 383 g/mol. The second kappa shape index (κ2) is 7.76. The number of carbonyl (C=O) groups is 1. The van der Waals surface area contributed by atoms with Gasteiger partial charge in [-0.1, -0.05) is 35.9 Å². The van der Waals surface area contributed by atoms with Crippen LogP contribution < -0.4 is 9.47 Å². The fraction of sp³-hybridized carbons (Fsp3) is 0.190. The minimum absolute atomic E-state index is 0.166. The Kier molecular flexibility index (Phi) is 5.03. The van der Waals surface area contributed by atoms with Crippen LogP contribution in [0, 0.1) is 0 Å². The van der Waals surface area contributed by atoms with Crippen LogP contribution in [0.25, 0.3) is 0 Å². The number of hydrogen-bond donors (Lipinski definition) is 0. The van der Waals surface area contributed by atoms with E-state index in [4.69, 9.17) is 25.5 Å². The van der Waals surface area contributed by atoms with Crippen LogP contribution in [0.5, 0.6) is 11.5 Å². The Hall–Kier alpha value is -2.92. The van der Waals surface area contributed by atoms with E-state index in [1.807, 2.05) is 42.5 Å². The molecule has 1 aliphatic heterocycles. The molecular formula is C21H18ClNO4. The molecule has 0 fully saturated rings. The Bertz CT molecular complexity index is 925. The first-order valence-corrected chi connectivity index (χ1v) is 9.01. The number of ether oxygens (including phenoxy) is 2. The zero-order valence-electron chi connectivity index (χ0n) is 14.5. The lowest BCUT2D eigenvalue weighted by molar-refractivity contribution is -0.142. The van der Waals surface area contributed by atoms with Gasteiger partial charge in [0, 0.05) is 11.6 Å². The van der Waals surface area contributed by atoms with Crippen LogP contribution in [0.2, 0.25) is 5.02 Å². The molecule has 138 valence electrons. The van der Waals surface area contributed by atoms with Crippen molar-refractivity contribution < 1.29 is 18.7 Å². The molecular weight excluding hydrogens is 366 g/mol. The first-order valence-electron chi connectivity index (χ1n) is 8.63. The van der Waals surface area contributed by atoms with E-state index in [0.717, 1.165) is 5.56 Å². The zero-order chi connectivity index (χ0) is 18.6. The Labute approximate surface area is 162 Å². The minimum Gasteiger partial charge on any atom is -0.485 e. The standard InChI is InChI=1S/C21H18ClNO4/c22-16-6-3-5-15(11-16)12-23(13-17-7-4-10-25-17)21(24)20-14-26-18-8-1-2-9-19(18)27-20/h1-11,20H,12-14H2. The van der Waals surface area contributed by atoms with Gasteiger partial charge in [-0.3, -0.25) is 4.79 Å². The fourth-order valence-corrected chi connectivity index (χ4v) is 3.22. The molecule has 0 bridgehead atoms. The highest BCUT2D eigenvalue weighted by molar-refractivity contribution is 6.30. The van der Waals surface area contributed by atoms with Crippen molar-refractivity contribution in [1.29, 1.82) is 0 Å². The van der Waals surface area contributed by atoms with Crippen molar-refractivity contribution in [1.82, 2.24) is 4.90 Å². The number of hydrogen-bond acceptors (Lipinski definition) is 4. The summed E-state index contributed by atoms with van der Waals surface area (Å²) in [6.07, 6.45) is 0.877. The predicted molar refractivity (Wildman–Crippen MR) is 101 cm³/mol. The fourth-order valence-electron chi connectivity index (χ4n) is 3.00. The third-order valence-corrected chi connectivity index (χ3v) is 4.52. The first kappa shape index (κ1) is 17.5. The molecule has 3 aromatic rings. The maximum absolute atomic E-state index is 13.2. The van der Waals surface area contributed by atoms with E-state index in [9.17, 15) is 4.79 Å². The van der Waals surface area contributed by atoms with E-state index in [-0.39, 0.29) is 12.5 Å². The molecule has 1 atom stereocenters. The SMILES string of the molecule is O=C(C1COc2ccccc2O1)N(Cc1cccc(Cl)c1)Cc1ccco1. The van der Waals surface area contributed by atoms with Gasteiger partial charge >= 0.3 is 0 Å². The third-order valence-electron chi connectivity index (χ3n) is 4.28. The van der Waals surface area contributed by atoms with Crippen molar-refractivity contribution in [2.75, 3.05) is 6.61 Å². The van der Waals surface area contributed by atoms with E-state index < -0.39 is 6.10 Å². The van der Waals surface area contributed by atoms with Gasteiger partial charge < -0.3 is 18.8 Å². The largest absolute Gasteiger partial charge is 0.485 e. The van der Waals surface area contributed by atoms with Crippen LogP contribution in [-0.4, -0.2) is 23.5 Å². The van der Waals surface area contributed by atoms with Crippen molar-refractivity contribution in [3.05, 3.63) is 83.3 Å². The lowest BCUT2D eigenvalue weighted by Crippen LogP contribution is -2.45. The molecule has 1 aliphatic rings. The molecule has 0 saturated heterocycles. The van der Waals surface area contributed by atoms with Crippen LogP contribution in [0.3, 0.4) is 0 Å². The molecule has 0 N–H and O–H groups in total. The van der Waals surface area contributed by atoms with Gasteiger partial charge in [-0.2, -0.15) is 0 Å². The van der Waals surface area contributed by atoms with Gasteiger partial charge in [-0.15, -0.1) is 0 Å². The molecule has 5 nitrogen and oxygen atoms in total. The molecule has 0 spiro atoms. The maximum atomic E-state index is 13.2. The van der Waals surface area contributed by atoms with Crippen molar-refractivity contribution >= 4 is 17.5 Å². The van der Waals surface area contributed by atoms with Crippen LogP contribution in [0.15, 0.2) is 71.3 Å². The number of benzene rings is 2. The van der Waals surface area contributed by atoms with Crippen LogP contribution in [0.1, 0.15) is 11.3 Å². The van der Waals surface area contributed by atoms with Gasteiger partial charge in [0.15, 0.2) is 11.5 Å². The molecule has 2 heterocycles. The second-order valence-corrected chi connectivity index (χ2v) is 6.70. The molecule has 0 saturated carbocycles. The van der Waals surface area contributed by atoms with Crippen LogP contribution in [0.4, 0.5) is 0 Å². The van der Waals surface area contributed by atoms with Crippen molar-refractivity contribution in [3.63, 3.8) is 0 Å². The topological polar surface area (TPSA) is 51.9 Å². The minimum atomic E-state index is -0.714. The van der Waals surface area contributed by atoms with Gasteiger partial charge in [0.05, 0.1) is 12.8 Å². The summed E-state index contributed by atoms with van der Waals surface area (Å²) in [6, 6.07) is 18.4. The van der Waals surface area contributed by atoms with E-state index in [2.05, 4.69) is 0 Å². The zero-order valence-corrected chi connectivity index (χ0v) is 15.3. The lowest BCUT2D eigenvalue weighted by Gasteiger charge is -2.30. The molecule has 2 aromatic carbocycles. The Morgan fingerprint density at radius 3 is 2.67 bits per heavy atom. The van der Waals surface area contributed by atoms with Gasteiger partial charge in [-0.05, 0) is 42.0 Å². The number of halogens is 1. The van der Waals surface area contributed by atoms with Crippen LogP contribution in [-0.2, 0) is 17.9 Å². The molecule has 4 rings (SSSR count). The molecule has 1 unspecified atom stereocenters. The molecule has 1 aromatic heterocycles. The van der Waals surface area contributed by atoms with Gasteiger partial charge in [0.2, 0.25) is 6.10 Å². The summed E-state index contributed by atoms with van der Waals surface area (Å²) in [5.41, 5.74) is 0.930. The highest BCUT2D eigenvalue weighted by Gasteiger charge is 2.31. The predicted octanol–water partition coefficient (Wildman–Crippen LogP) is 4.30. The number of para-hydroxylation sites is 2. The van der Waals surface area contributed by atoms with Crippen molar-refractivity contribution in [3.8, 4) is 11.5 Å². The van der Waals surface area contributed by atoms with E-state index in [0.29, 0.717) is 35.4 Å². The number of carbonyl (C=O) groups excluding carboxylic acids is 1. The van der Waals surface area contributed by atoms with E-state index in [1.54, 1.807) is 29.4 Å². The average molecular weight is 384 g/mol. The number of fused-ring (bicyclic) bond motifs is 1. The normalized spacial score (nSPS) is 15.4. The Morgan fingerprint density at radius 1 is 1.04 bits per heavy atom. The summed E-state index contributed by atoms with van der Waals surface area (Å²) in [6.45, 7) is 0.890. The smallest absolute Gasteiger partial charge is 0.267 e. The van der Waals surface area contributed by atoms with E-state index >= 15 is 0 Å². The number of rotatable bonds is 5. The molecule has 1 amide bonds. The summed E-state index contributed by atoms with van der Waals surface area (Å²) in [7, 11) is 0. The molecule has 0 radical (unpaired) electrons. The summed E-state index contributed by atoms with van der Waals surface area (Å²) in [5, 5.41) is 0.629. The molecule has 0 aliphatic carbocycles. The molecule has 27 heavy (non-hydrogen) atoms. The summed E-state index contributed by atoms with van der Waals surface area (Å²) in [4.78, 5) is 14.9. The van der Waals surface area contributed by atoms with E-state index in [1.165, 1.54) is 0 Å². The third kappa shape index (κ3) is 4.09. The van der Waals surface area contributed by atoms with Crippen molar-refractivity contribution in [2.45, 2.75) is 19.2 Å². The molecule has 6 heteroatoms. The Morgan fingerprint density at radius 2 is 1.89 bits per heavy atom. The average Bonchev–Trinajstić information content (AvgIpc) is 3.20. The summed E-state index contributed by atoms with van der Waals surface area (Å²) >= 11 is 6.09. The summed E-state index contributed by atoms with van der Waals surface area (Å²) in [5.74, 6) is 1.75. The summed E-state index contributed by atoms with van der Waals surface area (Å²) < 4.78 is 17.0. The number of furan rings is 1. The Balaban J connectivity index is 1.55. The quantitative estimate of drug-likeness (QED) is 0.659. The number of nitrogens with zero attached hydrogens (tertiary/aromatic N) is 1. The van der Waals surface area contributed by atoms with Crippen LogP contribution >= 0.6 is 11.6 Å². The van der Waals surface area contributed by atoms with Gasteiger partial charge in [-0.25, -0.2) is 0 Å². The number of amides is 1. The first-order chi connectivity index (χ1) is 13.2. The van der Waals surface area contributed by atoms with Crippen molar-refractivity contribution in [2.24, 2.45) is 0 Å². The lowest BCUT2D eigenvalue weighted by atomic mass is 10.2. The van der Waals surface area contributed by atoms with Gasteiger partial charge in [0.1, 0.15) is 12.4 Å².